The minimum Gasteiger partial charge on any atom is -0.490 e. The van der Waals surface area contributed by atoms with E-state index in [-0.39, 0.29) is 6.10 Å². The molecular weight excluding hydrogens is 268 g/mol. The largest absolute Gasteiger partial charge is 0.490 e. The van der Waals surface area contributed by atoms with Crippen LogP contribution in [0.1, 0.15) is 24.6 Å². The van der Waals surface area contributed by atoms with Gasteiger partial charge in [-0.05, 0) is 25.0 Å². The van der Waals surface area contributed by atoms with Crippen molar-refractivity contribution in [3.63, 3.8) is 0 Å². The van der Waals surface area contributed by atoms with E-state index >= 15 is 0 Å². The number of para-hydroxylation sites is 1. The van der Waals surface area contributed by atoms with Crippen molar-refractivity contribution in [1.29, 1.82) is 0 Å². The summed E-state index contributed by atoms with van der Waals surface area (Å²) in [6.07, 6.45) is 2.31. The summed E-state index contributed by atoms with van der Waals surface area (Å²) >= 11 is 0. The van der Waals surface area contributed by atoms with Crippen molar-refractivity contribution in [2.24, 2.45) is 5.73 Å². The van der Waals surface area contributed by atoms with Gasteiger partial charge in [0.05, 0.1) is 13.1 Å². The van der Waals surface area contributed by atoms with Crippen LogP contribution in [-0.2, 0) is 13.1 Å². The summed E-state index contributed by atoms with van der Waals surface area (Å²) in [6.45, 7) is 2.95. The molecule has 1 aromatic carbocycles. The highest BCUT2D eigenvalue weighted by molar-refractivity contribution is 5.21. The number of hydrogen-bond acceptors (Lipinski definition) is 6. The minimum atomic E-state index is 0.286. The van der Waals surface area contributed by atoms with Crippen molar-refractivity contribution in [3.05, 3.63) is 42.0 Å². The van der Waals surface area contributed by atoms with E-state index in [0.717, 1.165) is 31.7 Å². The third-order valence-electron chi connectivity index (χ3n) is 3.63. The Bertz CT molecular complexity index is 550. The van der Waals surface area contributed by atoms with Gasteiger partial charge in [0.15, 0.2) is 5.82 Å². The minimum absolute atomic E-state index is 0.286. The van der Waals surface area contributed by atoms with Crippen molar-refractivity contribution in [2.45, 2.75) is 32.0 Å². The van der Waals surface area contributed by atoms with Crippen LogP contribution in [-0.4, -0.2) is 34.2 Å². The Morgan fingerprint density at radius 1 is 1.24 bits per heavy atom. The number of benzene rings is 1. The summed E-state index contributed by atoms with van der Waals surface area (Å²) in [6, 6.07) is 9.99. The Morgan fingerprint density at radius 2 is 2.00 bits per heavy atom. The zero-order chi connectivity index (χ0) is 14.5. The van der Waals surface area contributed by atoms with Gasteiger partial charge in [0.2, 0.25) is 5.89 Å². The lowest BCUT2D eigenvalue weighted by molar-refractivity contribution is 0.0949. The Labute approximate surface area is 123 Å². The molecule has 3 rings (SSSR count). The highest BCUT2D eigenvalue weighted by Crippen LogP contribution is 2.19. The van der Waals surface area contributed by atoms with E-state index in [1.165, 1.54) is 0 Å². The van der Waals surface area contributed by atoms with Gasteiger partial charge in [0.25, 0.3) is 0 Å². The molecule has 0 saturated carbocycles. The molecule has 0 radical (unpaired) electrons. The molecule has 1 saturated heterocycles. The van der Waals surface area contributed by atoms with Gasteiger partial charge in [0, 0.05) is 13.1 Å². The van der Waals surface area contributed by atoms with Crippen LogP contribution in [0, 0.1) is 0 Å². The number of aromatic nitrogens is 2. The zero-order valence-electron chi connectivity index (χ0n) is 11.9. The number of nitrogens with zero attached hydrogens (tertiary/aromatic N) is 3. The predicted molar refractivity (Wildman–Crippen MR) is 77.6 cm³/mol. The molecule has 0 aliphatic carbocycles. The lowest BCUT2D eigenvalue weighted by Crippen LogP contribution is -2.38. The van der Waals surface area contributed by atoms with Gasteiger partial charge in [-0.2, -0.15) is 4.98 Å². The van der Waals surface area contributed by atoms with Crippen LogP contribution < -0.4 is 10.5 Å². The summed E-state index contributed by atoms with van der Waals surface area (Å²) in [7, 11) is 0. The second-order valence-electron chi connectivity index (χ2n) is 5.21. The van der Waals surface area contributed by atoms with Crippen molar-refractivity contribution in [2.75, 3.05) is 13.1 Å². The Morgan fingerprint density at radius 3 is 2.67 bits per heavy atom. The maximum atomic E-state index is 5.98. The maximum absolute atomic E-state index is 5.98. The van der Waals surface area contributed by atoms with E-state index in [2.05, 4.69) is 15.0 Å². The van der Waals surface area contributed by atoms with E-state index in [1.807, 2.05) is 30.3 Å². The molecule has 0 unspecified atom stereocenters. The molecule has 0 amide bonds. The molecule has 1 aliphatic heterocycles. The van der Waals surface area contributed by atoms with Crippen LogP contribution in [0.4, 0.5) is 0 Å². The van der Waals surface area contributed by atoms with Crippen LogP contribution in [0.3, 0.4) is 0 Å². The fourth-order valence-electron chi connectivity index (χ4n) is 2.51. The van der Waals surface area contributed by atoms with Gasteiger partial charge in [-0.1, -0.05) is 23.4 Å². The number of likely N-dealkylation sites (tertiary alicyclic amines) is 1. The topological polar surface area (TPSA) is 77.4 Å². The van der Waals surface area contributed by atoms with Crippen LogP contribution in [0.15, 0.2) is 34.9 Å². The number of rotatable bonds is 5. The average molecular weight is 288 g/mol. The van der Waals surface area contributed by atoms with Crippen molar-refractivity contribution < 1.29 is 9.26 Å². The van der Waals surface area contributed by atoms with Gasteiger partial charge in [-0.15, -0.1) is 0 Å². The van der Waals surface area contributed by atoms with Crippen molar-refractivity contribution in [3.8, 4) is 5.75 Å². The summed E-state index contributed by atoms with van der Waals surface area (Å²) < 4.78 is 11.0. The molecule has 2 heterocycles. The average Bonchev–Trinajstić information content (AvgIpc) is 2.98. The summed E-state index contributed by atoms with van der Waals surface area (Å²) in [5.41, 5.74) is 5.46. The first-order valence-corrected chi connectivity index (χ1v) is 7.29. The van der Waals surface area contributed by atoms with Gasteiger partial charge in [-0.3, -0.25) is 4.90 Å². The van der Waals surface area contributed by atoms with Crippen molar-refractivity contribution in [1.82, 2.24) is 15.0 Å². The second kappa shape index (κ2) is 6.69. The molecular formula is C15H20N4O2. The SMILES string of the molecule is NCc1nc(CN2CCC(Oc3ccccc3)CC2)no1. The monoisotopic (exact) mass is 288 g/mol. The predicted octanol–water partition coefficient (Wildman–Crippen LogP) is 1.57. The van der Waals surface area contributed by atoms with E-state index in [1.54, 1.807) is 0 Å². The van der Waals surface area contributed by atoms with E-state index in [9.17, 15) is 0 Å². The van der Waals surface area contributed by atoms with Crippen molar-refractivity contribution >= 4 is 0 Å². The highest BCUT2D eigenvalue weighted by atomic mass is 16.5. The van der Waals surface area contributed by atoms with Crippen LogP contribution in [0.2, 0.25) is 0 Å². The first-order valence-electron chi connectivity index (χ1n) is 7.29. The molecule has 2 N–H and O–H groups in total. The molecule has 1 fully saturated rings. The molecule has 1 aromatic heterocycles. The Kier molecular flexibility index (Phi) is 4.47. The summed E-state index contributed by atoms with van der Waals surface area (Å²) in [5.74, 6) is 2.15. The Hall–Kier alpha value is -1.92. The van der Waals surface area contributed by atoms with Crippen LogP contribution in [0.25, 0.3) is 0 Å². The first-order chi connectivity index (χ1) is 10.3. The van der Waals surface area contributed by atoms with E-state index in [4.69, 9.17) is 15.0 Å². The number of hydrogen-bond donors (Lipinski definition) is 1. The molecule has 1 aliphatic rings. The molecule has 2 aromatic rings. The van der Waals surface area contributed by atoms with Gasteiger partial charge < -0.3 is 15.0 Å². The summed E-state index contributed by atoms with van der Waals surface area (Å²) in [5, 5.41) is 3.93. The van der Waals surface area contributed by atoms with Gasteiger partial charge >= 0.3 is 0 Å². The number of nitrogens with two attached hydrogens (primary N) is 1. The molecule has 0 atom stereocenters. The molecule has 21 heavy (non-hydrogen) atoms. The molecule has 0 bridgehead atoms. The molecule has 6 nitrogen and oxygen atoms in total. The van der Waals surface area contributed by atoms with Crippen LogP contribution in [0.5, 0.6) is 5.75 Å². The lowest BCUT2D eigenvalue weighted by atomic mass is 10.1. The third kappa shape index (κ3) is 3.80. The molecule has 6 heteroatoms. The number of piperidine rings is 1. The quantitative estimate of drug-likeness (QED) is 0.900. The fourth-order valence-corrected chi connectivity index (χ4v) is 2.51. The summed E-state index contributed by atoms with van der Waals surface area (Å²) in [4.78, 5) is 6.55. The first kappa shape index (κ1) is 14.0. The van der Waals surface area contributed by atoms with Gasteiger partial charge in [-0.25, -0.2) is 0 Å². The zero-order valence-corrected chi connectivity index (χ0v) is 11.9. The Balaban J connectivity index is 1.46. The third-order valence-corrected chi connectivity index (χ3v) is 3.63. The fraction of sp³-hybridized carbons (Fsp3) is 0.467. The normalized spacial score (nSPS) is 17.0. The van der Waals surface area contributed by atoms with E-state index in [0.29, 0.717) is 24.8 Å². The second-order valence-corrected chi connectivity index (χ2v) is 5.21. The molecule has 112 valence electrons. The van der Waals surface area contributed by atoms with Crippen LogP contribution >= 0.6 is 0 Å². The lowest BCUT2D eigenvalue weighted by Gasteiger charge is -2.31. The standard InChI is InChI=1S/C15H20N4O2/c16-10-15-17-14(18-21-15)11-19-8-6-13(7-9-19)20-12-4-2-1-3-5-12/h1-5,13H,6-11,16H2. The molecule has 0 spiro atoms. The maximum Gasteiger partial charge on any atom is 0.240 e. The van der Waals surface area contributed by atoms with Gasteiger partial charge in [0.1, 0.15) is 11.9 Å². The highest BCUT2D eigenvalue weighted by Gasteiger charge is 2.21. The smallest absolute Gasteiger partial charge is 0.240 e. The van der Waals surface area contributed by atoms with E-state index < -0.39 is 0 Å². The number of ether oxygens (including phenoxy) is 1.